The van der Waals surface area contributed by atoms with Crippen molar-refractivity contribution in [3.05, 3.63) is 59.2 Å². The highest BCUT2D eigenvalue weighted by atomic mass is 16.5. The number of para-hydroxylation sites is 1. The molecule has 1 amide bonds. The van der Waals surface area contributed by atoms with Crippen LogP contribution in [-0.2, 0) is 16.1 Å². The van der Waals surface area contributed by atoms with Gasteiger partial charge in [-0.25, -0.2) is 4.79 Å². The van der Waals surface area contributed by atoms with Gasteiger partial charge in [0.25, 0.3) is 5.91 Å². The van der Waals surface area contributed by atoms with Gasteiger partial charge in [0.2, 0.25) is 0 Å². The Morgan fingerprint density at radius 2 is 1.85 bits per heavy atom. The number of esters is 1. The second kappa shape index (κ2) is 8.12. The van der Waals surface area contributed by atoms with Crippen molar-refractivity contribution in [3.8, 4) is 11.5 Å². The largest absolute Gasteiger partial charge is 0.507 e. The summed E-state index contributed by atoms with van der Waals surface area (Å²) < 4.78 is 10.3. The van der Waals surface area contributed by atoms with E-state index >= 15 is 0 Å². The minimum Gasteiger partial charge on any atom is -0.507 e. The van der Waals surface area contributed by atoms with Crippen LogP contribution in [0.25, 0.3) is 0 Å². The molecule has 0 aliphatic heterocycles. The minimum atomic E-state index is -0.704. The summed E-state index contributed by atoms with van der Waals surface area (Å²) in [5, 5.41) is 9.97. The fourth-order valence-corrected chi connectivity index (χ4v) is 2.85. The van der Waals surface area contributed by atoms with Gasteiger partial charge in [0.05, 0.1) is 7.11 Å². The third-order valence-electron chi connectivity index (χ3n) is 4.60. The van der Waals surface area contributed by atoms with E-state index in [9.17, 15) is 14.7 Å². The molecule has 0 unspecified atom stereocenters. The lowest BCUT2D eigenvalue weighted by Crippen LogP contribution is -2.36. The Labute approximate surface area is 158 Å². The Balaban J connectivity index is 1.61. The number of aryl methyl sites for hydroxylation is 1. The number of benzene rings is 2. The number of amides is 1. The van der Waals surface area contributed by atoms with Crippen LogP contribution in [-0.4, -0.2) is 41.6 Å². The van der Waals surface area contributed by atoms with Crippen molar-refractivity contribution >= 4 is 11.9 Å². The van der Waals surface area contributed by atoms with Crippen LogP contribution >= 0.6 is 0 Å². The van der Waals surface area contributed by atoms with Gasteiger partial charge in [-0.3, -0.25) is 4.79 Å². The lowest BCUT2D eigenvalue weighted by atomic mass is 10.1. The molecule has 2 aromatic rings. The van der Waals surface area contributed by atoms with Gasteiger partial charge in [-0.1, -0.05) is 24.3 Å². The van der Waals surface area contributed by atoms with Gasteiger partial charge in [-0.15, -0.1) is 0 Å². The summed E-state index contributed by atoms with van der Waals surface area (Å²) in [5.41, 5.74) is 1.63. The Morgan fingerprint density at radius 3 is 2.48 bits per heavy atom. The molecule has 1 aliphatic rings. The van der Waals surface area contributed by atoms with Crippen LogP contribution in [0.3, 0.4) is 0 Å². The number of phenols is 1. The van der Waals surface area contributed by atoms with E-state index in [0.717, 1.165) is 24.2 Å². The second-order valence-corrected chi connectivity index (χ2v) is 6.65. The number of carbonyl (C=O) groups is 2. The van der Waals surface area contributed by atoms with Crippen LogP contribution in [0.1, 0.15) is 34.3 Å². The Morgan fingerprint density at radius 1 is 1.15 bits per heavy atom. The molecule has 0 saturated heterocycles. The van der Waals surface area contributed by atoms with E-state index in [4.69, 9.17) is 9.47 Å². The number of nitrogens with zero attached hydrogens (tertiary/aromatic N) is 1. The molecule has 1 fully saturated rings. The number of hydrogen-bond acceptors (Lipinski definition) is 5. The van der Waals surface area contributed by atoms with Crippen LogP contribution in [0, 0.1) is 6.92 Å². The van der Waals surface area contributed by atoms with Gasteiger partial charge >= 0.3 is 5.97 Å². The molecule has 0 atom stereocenters. The molecular weight excluding hydrogens is 346 g/mol. The monoisotopic (exact) mass is 369 g/mol. The normalized spacial score (nSPS) is 13.1. The number of phenolic OH excluding ortho intramolecular Hbond substituents is 1. The maximum atomic E-state index is 12.6. The van der Waals surface area contributed by atoms with Crippen molar-refractivity contribution in [2.75, 3.05) is 13.7 Å². The van der Waals surface area contributed by atoms with E-state index in [1.807, 2.05) is 24.3 Å². The Hall–Kier alpha value is -3.02. The fraction of sp³-hybridized carbons (Fsp3) is 0.333. The highest BCUT2D eigenvalue weighted by Gasteiger charge is 2.33. The first kappa shape index (κ1) is 18.8. The van der Waals surface area contributed by atoms with Crippen LogP contribution < -0.4 is 4.74 Å². The summed E-state index contributed by atoms with van der Waals surface area (Å²) in [4.78, 5) is 26.5. The first-order valence-corrected chi connectivity index (χ1v) is 8.87. The van der Waals surface area contributed by atoms with Crippen molar-refractivity contribution in [1.82, 2.24) is 4.90 Å². The molecule has 142 valence electrons. The smallest absolute Gasteiger partial charge is 0.342 e. The average Bonchev–Trinajstić information content (AvgIpc) is 3.51. The number of ether oxygens (including phenoxy) is 2. The molecule has 0 spiro atoms. The maximum Gasteiger partial charge on any atom is 0.342 e. The predicted octanol–water partition coefficient (Wildman–Crippen LogP) is 3.06. The summed E-state index contributed by atoms with van der Waals surface area (Å²) in [7, 11) is 1.61. The molecule has 6 nitrogen and oxygen atoms in total. The van der Waals surface area contributed by atoms with Crippen molar-refractivity contribution in [2.45, 2.75) is 32.4 Å². The molecule has 0 heterocycles. The number of carbonyl (C=O) groups excluding carboxylic acids is 2. The molecule has 2 aromatic carbocycles. The molecule has 0 bridgehead atoms. The molecule has 0 aromatic heterocycles. The Kier molecular flexibility index (Phi) is 5.64. The quantitative estimate of drug-likeness (QED) is 0.759. The van der Waals surface area contributed by atoms with Crippen LogP contribution in [0.4, 0.5) is 0 Å². The van der Waals surface area contributed by atoms with Crippen LogP contribution in [0.5, 0.6) is 11.5 Å². The van der Waals surface area contributed by atoms with E-state index in [2.05, 4.69) is 0 Å². The Bertz CT molecular complexity index is 827. The van der Waals surface area contributed by atoms with Gasteiger partial charge < -0.3 is 19.5 Å². The standard InChI is InChI=1S/C21H23NO5/c1-14-4-3-5-18(20(14)24)21(25)27-13-19(23)22(16-8-9-16)12-15-6-10-17(26-2)11-7-15/h3-7,10-11,16,24H,8-9,12-13H2,1-2H3. The molecule has 1 aliphatic carbocycles. The van der Waals surface area contributed by atoms with E-state index in [1.165, 1.54) is 6.07 Å². The molecule has 3 rings (SSSR count). The van der Waals surface area contributed by atoms with Gasteiger partial charge in [0.15, 0.2) is 6.61 Å². The predicted molar refractivity (Wildman–Crippen MR) is 99.7 cm³/mol. The number of methoxy groups -OCH3 is 1. The van der Waals surface area contributed by atoms with E-state index in [0.29, 0.717) is 12.1 Å². The maximum absolute atomic E-state index is 12.6. The summed E-state index contributed by atoms with van der Waals surface area (Å²) in [6, 6.07) is 12.6. The minimum absolute atomic E-state index is 0.0657. The summed E-state index contributed by atoms with van der Waals surface area (Å²) in [6.07, 6.45) is 1.91. The van der Waals surface area contributed by atoms with E-state index < -0.39 is 5.97 Å². The lowest BCUT2D eigenvalue weighted by Gasteiger charge is -2.22. The molecule has 27 heavy (non-hydrogen) atoms. The number of aromatic hydroxyl groups is 1. The fourth-order valence-electron chi connectivity index (χ4n) is 2.85. The third-order valence-corrected chi connectivity index (χ3v) is 4.60. The van der Waals surface area contributed by atoms with Crippen LogP contribution in [0.15, 0.2) is 42.5 Å². The van der Waals surface area contributed by atoms with Crippen molar-refractivity contribution in [1.29, 1.82) is 0 Å². The van der Waals surface area contributed by atoms with Gasteiger partial charge in [-0.05, 0) is 49.1 Å². The van der Waals surface area contributed by atoms with Crippen molar-refractivity contribution in [2.24, 2.45) is 0 Å². The SMILES string of the molecule is COc1ccc(CN(C(=O)COC(=O)c2cccc(C)c2O)C2CC2)cc1. The first-order chi connectivity index (χ1) is 13.0. The van der Waals surface area contributed by atoms with E-state index in [1.54, 1.807) is 31.1 Å². The topological polar surface area (TPSA) is 76.1 Å². The highest BCUT2D eigenvalue weighted by molar-refractivity contribution is 5.94. The van der Waals surface area contributed by atoms with Gasteiger partial charge in [0, 0.05) is 12.6 Å². The zero-order valence-corrected chi connectivity index (χ0v) is 15.5. The lowest BCUT2D eigenvalue weighted by molar-refractivity contribution is -0.135. The average molecular weight is 369 g/mol. The van der Waals surface area contributed by atoms with Crippen molar-refractivity contribution < 1.29 is 24.2 Å². The summed E-state index contributed by atoms with van der Waals surface area (Å²) in [5.74, 6) is -0.305. The summed E-state index contributed by atoms with van der Waals surface area (Å²) >= 11 is 0. The second-order valence-electron chi connectivity index (χ2n) is 6.65. The van der Waals surface area contributed by atoms with Crippen molar-refractivity contribution in [3.63, 3.8) is 0 Å². The number of hydrogen-bond donors (Lipinski definition) is 1. The van der Waals surface area contributed by atoms with E-state index in [-0.39, 0.29) is 29.9 Å². The van der Waals surface area contributed by atoms with Gasteiger partial charge in [-0.2, -0.15) is 0 Å². The zero-order chi connectivity index (χ0) is 19.4. The third kappa shape index (κ3) is 4.58. The number of rotatable bonds is 7. The van der Waals surface area contributed by atoms with Crippen LogP contribution in [0.2, 0.25) is 0 Å². The molecule has 1 saturated carbocycles. The summed E-state index contributed by atoms with van der Waals surface area (Å²) in [6.45, 7) is 1.81. The zero-order valence-electron chi connectivity index (χ0n) is 15.5. The molecule has 0 radical (unpaired) electrons. The molecule has 6 heteroatoms. The molecule has 1 N–H and O–H groups in total. The molecular formula is C21H23NO5. The van der Waals surface area contributed by atoms with Gasteiger partial charge in [0.1, 0.15) is 17.1 Å². The highest BCUT2D eigenvalue weighted by Crippen LogP contribution is 2.29. The first-order valence-electron chi connectivity index (χ1n) is 8.87.